The van der Waals surface area contributed by atoms with Crippen molar-refractivity contribution in [3.63, 3.8) is 0 Å². The molecule has 1 aromatic carbocycles. The van der Waals surface area contributed by atoms with Gasteiger partial charge in [0.1, 0.15) is 17.3 Å². The first-order valence-electron chi connectivity index (χ1n) is 8.43. The molecule has 2 aliphatic rings. The van der Waals surface area contributed by atoms with Gasteiger partial charge in [-0.1, -0.05) is 6.42 Å². The van der Waals surface area contributed by atoms with Gasteiger partial charge in [-0.15, -0.1) is 0 Å². The molecule has 0 radical (unpaired) electrons. The van der Waals surface area contributed by atoms with Crippen molar-refractivity contribution in [2.24, 2.45) is 0 Å². The Kier molecular flexibility index (Phi) is 5.06. The maximum atomic E-state index is 14.2. The molecule has 6 nitrogen and oxygen atoms in total. The number of hydrogen-bond donors (Lipinski definition) is 0. The molecule has 1 aliphatic heterocycles. The van der Waals surface area contributed by atoms with E-state index in [1.165, 1.54) is 15.3 Å². The quantitative estimate of drug-likeness (QED) is 0.749. The fraction of sp³-hybridized carbons (Fsp3) is 0.529. The second-order valence-electron chi connectivity index (χ2n) is 6.43. The summed E-state index contributed by atoms with van der Waals surface area (Å²) < 4.78 is 41.0. The molecule has 0 spiro atoms. The van der Waals surface area contributed by atoms with E-state index in [0.717, 1.165) is 44.2 Å². The van der Waals surface area contributed by atoms with Crippen molar-refractivity contribution in [2.75, 3.05) is 19.6 Å². The van der Waals surface area contributed by atoms with E-state index >= 15 is 0 Å². The van der Waals surface area contributed by atoms with Gasteiger partial charge in [-0.05, 0) is 43.9 Å². The predicted molar refractivity (Wildman–Crippen MR) is 88.7 cm³/mol. The molecule has 3 rings (SSSR count). The van der Waals surface area contributed by atoms with E-state index in [2.05, 4.69) is 0 Å². The highest BCUT2D eigenvalue weighted by molar-refractivity contribution is 7.89. The summed E-state index contributed by atoms with van der Waals surface area (Å²) in [6.45, 7) is 0.667. The van der Waals surface area contributed by atoms with Crippen molar-refractivity contribution in [2.45, 2.75) is 43.0 Å². The lowest BCUT2D eigenvalue weighted by Crippen LogP contribution is -2.36. The van der Waals surface area contributed by atoms with Crippen molar-refractivity contribution < 1.29 is 17.6 Å². The average Bonchev–Trinajstić information content (AvgIpc) is 3.45. The van der Waals surface area contributed by atoms with Gasteiger partial charge >= 0.3 is 0 Å². The van der Waals surface area contributed by atoms with E-state index in [1.54, 1.807) is 0 Å². The molecular weight excluding hydrogens is 345 g/mol. The van der Waals surface area contributed by atoms with Crippen LogP contribution in [0.25, 0.3) is 0 Å². The van der Waals surface area contributed by atoms with Gasteiger partial charge in [-0.25, -0.2) is 12.8 Å². The van der Waals surface area contributed by atoms with E-state index in [9.17, 15) is 17.6 Å². The summed E-state index contributed by atoms with van der Waals surface area (Å²) in [4.78, 5) is 13.6. The van der Waals surface area contributed by atoms with E-state index in [1.807, 2.05) is 6.07 Å². The second kappa shape index (κ2) is 7.10. The van der Waals surface area contributed by atoms with Crippen LogP contribution in [0.3, 0.4) is 0 Å². The van der Waals surface area contributed by atoms with Crippen LogP contribution in [0.1, 0.15) is 42.5 Å². The van der Waals surface area contributed by atoms with Gasteiger partial charge in [0, 0.05) is 24.7 Å². The number of nitriles is 1. The molecule has 0 bridgehead atoms. The molecule has 134 valence electrons. The first-order valence-corrected chi connectivity index (χ1v) is 9.87. The molecule has 0 N–H and O–H groups in total. The van der Waals surface area contributed by atoms with Crippen molar-refractivity contribution in [3.05, 3.63) is 29.6 Å². The summed E-state index contributed by atoms with van der Waals surface area (Å²) in [5.41, 5.74) is 0.0964. The Morgan fingerprint density at radius 2 is 1.96 bits per heavy atom. The van der Waals surface area contributed by atoms with Crippen molar-refractivity contribution in [1.82, 2.24) is 9.21 Å². The molecule has 1 aliphatic carbocycles. The lowest BCUT2D eigenvalue weighted by molar-refractivity contribution is 0.0764. The number of halogens is 1. The second-order valence-corrected chi connectivity index (χ2v) is 8.34. The number of rotatable bonds is 5. The largest absolute Gasteiger partial charge is 0.322 e. The molecule has 1 amide bonds. The van der Waals surface area contributed by atoms with Crippen LogP contribution in [0.5, 0.6) is 0 Å². The third kappa shape index (κ3) is 3.67. The normalized spacial score (nSPS) is 18.6. The maximum absolute atomic E-state index is 14.2. The number of carbonyl (C=O) groups is 1. The first-order chi connectivity index (χ1) is 11.9. The zero-order valence-corrected chi connectivity index (χ0v) is 14.6. The molecule has 1 aromatic rings. The summed E-state index contributed by atoms with van der Waals surface area (Å²) in [6.07, 6.45) is 4.10. The zero-order valence-electron chi connectivity index (χ0n) is 13.8. The molecule has 0 aromatic heterocycles. The Morgan fingerprint density at radius 1 is 1.28 bits per heavy atom. The van der Waals surface area contributed by atoms with E-state index in [0.29, 0.717) is 13.1 Å². The molecule has 1 saturated heterocycles. The van der Waals surface area contributed by atoms with Crippen molar-refractivity contribution in [1.29, 1.82) is 5.26 Å². The Labute approximate surface area is 146 Å². The maximum Gasteiger partial charge on any atom is 0.255 e. The first kappa shape index (κ1) is 17.8. The van der Waals surface area contributed by atoms with Crippen LogP contribution in [0.4, 0.5) is 4.39 Å². The monoisotopic (exact) mass is 365 g/mol. The highest BCUT2D eigenvalue weighted by atomic mass is 32.2. The fourth-order valence-electron chi connectivity index (χ4n) is 3.07. The minimum atomic E-state index is -3.97. The number of carbonyl (C=O) groups excluding carboxylic acids is 1. The molecule has 0 atom stereocenters. The number of hydrogen-bond acceptors (Lipinski definition) is 4. The minimum Gasteiger partial charge on any atom is -0.322 e. The van der Waals surface area contributed by atoms with Crippen LogP contribution in [-0.4, -0.2) is 49.2 Å². The van der Waals surface area contributed by atoms with Crippen LogP contribution in [0.15, 0.2) is 23.1 Å². The number of amides is 1. The molecule has 0 unspecified atom stereocenters. The topological polar surface area (TPSA) is 81.5 Å². The minimum absolute atomic E-state index is 0.0133. The van der Waals surface area contributed by atoms with Crippen molar-refractivity contribution >= 4 is 15.9 Å². The Bertz CT molecular complexity index is 809. The molecule has 25 heavy (non-hydrogen) atoms. The number of benzene rings is 1. The average molecular weight is 365 g/mol. The lowest BCUT2D eigenvalue weighted by atomic mass is 10.2. The highest BCUT2D eigenvalue weighted by Crippen LogP contribution is 2.29. The third-order valence-electron chi connectivity index (χ3n) is 4.60. The van der Waals surface area contributed by atoms with Crippen LogP contribution < -0.4 is 0 Å². The van der Waals surface area contributed by atoms with Crippen LogP contribution in [-0.2, 0) is 10.0 Å². The van der Waals surface area contributed by atoms with Crippen LogP contribution >= 0.6 is 0 Å². The number of sulfonamides is 1. The van der Waals surface area contributed by atoms with E-state index in [-0.39, 0.29) is 18.2 Å². The summed E-state index contributed by atoms with van der Waals surface area (Å²) >= 11 is 0. The van der Waals surface area contributed by atoms with Gasteiger partial charge in [0.2, 0.25) is 10.0 Å². The number of nitrogens with zero attached hydrogens (tertiary/aromatic N) is 3. The van der Waals surface area contributed by atoms with Crippen LogP contribution in [0, 0.1) is 17.1 Å². The zero-order chi connectivity index (χ0) is 18.0. The standard InChI is InChI=1S/C17H20FN3O3S/c18-15-7-4-13(17(22)21(11-8-19)14-5-6-14)12-16(15)25(23,24)20-9-2-1-3-10-20/h4,7,12,14H,1-3,5-6,9-11H2. The van der Waals surface area contributed by atoms with Gasteiger partial charge in [0.05, 0.1) is 6.07 Å². The molecule has 1 saturated carbocycles. The smallest absolute Gasteiger partial charge is 0.255 e. The molecule has 8 heteroatoms. The van der Waals surface area contributed by atoms with Gasteiger partial charge in [0.15, 0.2) is 0 Å². The van der Waals surface area contributed by atoms with Gasteiger partial charge in [-0.2, -0.15) is 9.57 Å². The molecular formula is C17H20FN3O3S. The Morgan fingerprint density at radius 3 is 2.56 bits per heavy atom. The Balaban J connectivity index is 1.92. The summed E-state index contributed by atoms with van der Waals surface area (Å²) in [6, 6.07) is 5.36. The van der Waals surface area contributed by atoms with E-state index in [4.69, 9.17) is 5.26 Å². The van der Waals surface area contributed by atoms with Gasteiger partial charge < -0.3 is 4.90 Å². The molecule has 1 heterocycles. The van der Waals surface area contributed by atoms with Crippen LogP contribution in [0.2, 0.25) is 0 Å². The fourth-order valence-corrected chi connectivity index (χ4v) is 4.68. The molecule has 2 fully saturated rings. The van der Waals surface area contributed by atoms with Gasteiger partial charge in [-0.3, -0.25) is 4.79 Å². The summed E-state index contributed by atoms with van der Waals surface area (Å²) in [5.74, 6) is -1.29. The summed E-state index contributed by atoms with van der Waals surface area (Å²) in [7, 11) is -3.97. The lowest BCUT2D eigenvalue weighted by Gasteiger charge is -2.26. The number of piperidine rings is 1. The van der Waals surface area contributed by atoms with Gasteiger partial charge in [0.25, 0.3) is 5.91 Å². The predicted octanol–water partition coefficient (Wildman–Crippen LogP) is 2.13. The Hall–Kier alpha value is -1.98. The van der Waals surface area contributed by atoms with E-state index < -0.39 is 26.6 Å². The third-order valence-corrected chi connectivity index (χ3v) is 6.51. The van der Waals surface area contributed by atoms with Crippen molar-refractivity contribution in [3.8, 4) is 6.07 Å². The SMILES string of the molecule is N#CCN(C(=O)c1ccc(F)c(S(=O)(=O)N2CCCCC2)c1)C1CC1. The summed E-state index contributed by atoms with van der Waals surface area (Å²) in [5, 5.41) is 8.90. The highest BCUT2D eigenvalue weighted by Gasteiger charge is 2.34.